The van der Waals surface area contributed by atoms with E-state index in [0.717, 1.165) is 10.8 Å². The fraction of sp³-hybridized carbons (Fsp3) is 0.143. The molecule has 6 heteroatoms. The smallest absolute Gasteiger partial charge is 0.257 e. The summed E-state index contributed by atoms with van der Waals surface area (Å²) in [5.74, 6) is -0.187. The SMILES string of the molecule is COc1ccc(NC(=O)CN(C)C(=O)c2cc3ccccc3cc2O)cc1. The molecule has 0 atom stereocenters. The fourth-order valence-electron chi connectivity index (χ4n) is 2.77. The summed E-state index contributed by atoms with van der Waals surface area (Å²) >= 11 is 0. The van der Waals surface area contributed by atoms with Crippen LogP contribution in [0, 0.1) is 0 Å². The minimum Gasteiger partial charge on any atom is -0.507 e. The molecule has 0 spiro atoms. The van der Waals surface area contributed by atoms with Crippen molar-refractivity contribution in [2.45, 2.75) is 0 Å². The number of methoxy groups -OCH3 is 1. The largest absolute Gasteiger partial charge is 0.507 e. The second-order valence-electron chi connectivity index (χ2n) is 6.15. The average molecular weight is 364 g/mol. The molecule has 0 aliphatic heterocycles. The molecule has 3 rings (SSSR count). The summed E-state index contributed by atoms with van der Waals surface area (Å²) in [6.45, 7) is -0.142. The van der Waals surface area contributed by atoms with Gasteiger partial charge in [-0.3, -0.25) is 9.59 Å². The molecular formula is C21H20N2O4. The van der Waals surface area contributed by atoms with E-state index in [1.165, 1.54) is 11.9 Å². The lowest BCUT2D eigenvalue weighted by Gasteiger charge is -2.18. The van der Waals surface area contributed by atoms with Crippen LogP contribution in [0.5, 0.6) is 11.5 Å². The number of anilines is 1. The summed E-state index contributed by atoms with van der Waals surface area (Å²) in [5, 5.41) is 14.6. The standard InChI is InChI=1S/C21H20N2O4/c1-23(13-20(25)22-16-7-9-17(27-2)10-8-16)21(26)18-11-14-5-3-4-6-15(14)12-19(18)24/h3-12,24H,13H2,1-2H3,(H,22,25). The highest BCUT2D eigenvalue weighted by molar-refractivity contribution is 6.03. The Labute approximate surface area is 157 Å². The van der Waals surface area contributed by atoms with Gasteiger partial charge in [-0.15, -0.1) is 0 Å². The zero-order chi connectivity index (χ0) is 19.4. The summed E-state index contributed by atoms with van der Waals surface area (Å²) in [5.41, 5.74) is 0.767. The highest BCUT2D eigenvalue weighted by atomic mass is 16.5. The Morgan fingerprint density at radius 2 is 1.67 bits per heavy atom. The molecule has 2 amide bonds. The predicted octanol–water partition coefficient (Wildman–Crippen LogP) is 3.26. The van der Waals surface area contributed by atoms with E-state index in [0.29, 0.717) is 11.4 Å². The topological polar surface area (TPSA) is 78.9 Å². The summed E-state index contributed by atoms with van der Waals surface area (Å²) in [7, 11) is 3.08. The number of fused-ring (bicyclic) bond motifs is 1. The number of carbonyl (C=O) groups excluding carboxylic acids is 2. The number of nitrogens with one attached hydrogen (secondary N) is 1. The van der Waals surface area contributed by atoms with Crippen molar-refractivity contribution in [2.24, 2.45) is 0 Å². The number of benzene rings is 3. The van der Waals surface area contributed by atoms with Gasteiger partial charge in [-0.2, -0.15) is 0 Å². The van der Waals surface area contributed by atoms with Gasteiger partial charge in [0.1, 0.15) is 11.5 Å². The Hall–Kier alpha value is -3.54. The number of amides is 2. The lowest BCUT2D eigenvalue weighted by Crippen LogP contribution is -2.35. The maximum absolute atomic E-state index is 12.7. The van der Waals surface area contributed by atoms with Gasteiger partial charge in [-0.05, 0) is 47.2 Å². The van der Waals surface area contributed by atoms with Crippen molar-refractivity contribution in [1.29, 1.82) is 0 Å². The third-order valence-corrected chi connectivity index (χ3v) is 4.20. The van der Waals surface area contributed by atoms with Crippen LogP contribution in [0.1, 0.15) is 10.4 Å². The van der Waals surface area contributed by atoms with E-state index < -0.39 is 5.91 Å². The maximum atomic E-state index is 12.7. The number of hydrogen-bond acceptors (Lipinski definition) is 4. The monoisotopic (exact) mass is 364 g/mol. The van der Waals surface area contributed by atoms with Crippen molar-refractivity contribution in [3.63, 3.8) is 0 Å². The third-order valence-electron chi connectivity index (χ3n) is 4.20. The number of carbonyl (C=O) groups is 2. The van der Waals surface area contributed by atoms with Crippen LogP contribution in [0.25, 0.3) is 10.8 Å². The predicted molar refractivity (Wildman–Crippen MR) is 104 cm³/mol. The summed E-state index contributed by atoms with van der Waals surface area (Å²) in [6, 6.07) is 17.5. The van der Waals surface area contributed by atoms with E-state index in [4.69, 9.17) is 4.74 Å². The van der Waals surface area contributed by atoms with E-state index in [1.807, 2.05) is 24.3 Å². The molecule has 0 radical (unpaired) electrons. The van der Waals surface area contributed by atoms with Crippen LogP contribution < -0.4 is 10.1 Å². The highest BCUT2D eigenvalue weighted by Gasteiger charge is 2.19. The molecule has 6 nitrogen and oxygen atoms in total. The first-order valence-electron chi connectivity index (χ1n) is 8.39. The molecule has 0 fully saturated rings. The fourth-order valence-corrected chi connectivity index (χ4v) is 2.77. The van der Waals surface area contributed by atoms with Crippen LogP contribution in [0.3, 0.4) is 0 Å². The minimum absolute atomic E-state index is 0.110. The molecule has 0 aromatic heterocycles. The number of aromatic hydroxyl groups is 1. The molecule has 0 saturated carbocycles. The van der Waals surface area contributed by atoms with Gasteiger partial charge < -0.3 is 20.1 Å². The molecule has 27 heavy (non-hydrogen) atoms. The number of phenolic OH excluding ortho intramolecular Hbond substituents is 1. The molecule has 138 valence electrons. The molecule has 3 aromatic rings. The van der Waals surface area contributed by atoms with Crippen molar-refractivity contribution in [3.8, 4) is 11.5 Å². The maximum Gasteiger partial charge on any atom is 0.257 e. The van der Waals surface area contributed by atoms with Crippen LogP contribution in [0.15, 0.2) is 60.7 Å². The van der Waals surface area contributed by atoms with E-state index >= 15 is 0 Å². The Morgan fingerprint density at radius 3 is 2.30 bits per heavy atom. The van der Waals surface area contributed by atoms with E-state index in [2.05, 4.69) is 5.32 Å². The van der Waals surface area contributed by atoms with Crippen molar-refractivity contribution < 1.29 is 19.4 Å². The van der Waals surface area contributed by atoms with Crippen molar-refractivity contribution >= 4 is 28.3 Å². The molecule has 0 aliphatic carbocycles. The molecule has 0 bridgehead atoms. The number of likely N-dealkylation sites (N-methyl/N-ethyl adjacent to an activating group) is 1. The normalized spacial score (nSPS) is 10.4. The lowest BCUT2D eigenvalue weighted by molar-refractivity contribution is -0.116. The minimum atomic E-state index is -0.428. The summed E-state index contributed by atoms with van der Waals surface area (Å²) in [4.78, 5) is 26.1. The van der Waals surface area contributed by atoms with Crippen LogP contribution in [-0.4, -0.2) is 42.5 Å². The van der Waals surface area contributed by atoms with Crippen molar-refractivity contribution in [3.05, 3.63) is 66.2 Å². The number of nitrogens with zero attached hydrogens (tertiary/aromatic N) is 1. The molecular weight excluding hydrogens is 344 g/mol. The van der Waals surface area contributed by atoms with Crippen LogP contribution in [-0.2, 0) is 4.79 Å². The summed E-state index contributed by atoms with van der Waals surface area (Å²) in [6.07, 6.45) is 0. The highest BCUT2D eigenvalue weighted by Crippen LogP contribution is 2.26. The quantitative estimate of drug-likeness (QED) is 0.728. The zero-order valence-corrected chi connectivity index (χ0v) is 15.1. The number of rotatable bonds is 5. The van der Waals surface area contributed by atoms with Gasteiger partial charge >= 0.3 is 0 Å². The van der Waals surface area contributed by atoms with E-state index in [9.17, 15) is 14.7 Å². The van der Waals surface area contributed by atoms with Crippen molar-refractivity contribution in [1.82, 2.24) is 4.90 Å². The van der Waals surface area contributed by atoms with Gasteiger partial charge in [-0.1, -0.05) is 24.3 Å². The van der Waals surface area contributed by atoms with Gasteiger partial charge in [0.2, 0.25) is 5.91 Å². The molecule has 3 aromatic carbocycles. The second kappa shape index (κ2) is 7.78. The Bertz CT molecular complexity index is 983. The Balaban J connectivity index is 1.69. The molecule has 0 unspecified atom stereocenters. The van der Waals surface area contributed by atoms with Gasteiger partial charge in [0.25, 0.3) is 5.91 Å². The van der Waals surface area contributed by atoms with Crippen LogP contribution >= 0.6 is 0 Å². The van der Waals surface area contributed by atoms with Gasteiger partial charge in [0, 0.05) is 12.7 Å². The molecule has 0 aliphatic rings. The first-order valence-corrected chi connectivity index (χ1v) is 8.39. The van der Waals surface area contributed by atoms with Gasteiger partial charge in [0.15, 0.2) is 0 Å². The van der Waals surface area contributed by atoms with E-state index in [-0.39, 0.29) is 23.8 Å². The zero-order valence-electron chi connectivity index (χ0n) is 15.1. The van der Waals surface area contributed by atoms with Gasteiger partial charge in [0.05, 0.1) is 19.2 Å². The van der Waals surface area contributed by atoms with Gasteiger partial charge in [-0.25, -0.2) is 0 Å². The molecule has 0 saturated heterocycles. The third kappa shape index (κ3) is 4.17. The average Bonchev–Trinajstić information content (AvgIpc) is 2.67. The molecule has 0 heterocycles. The summed E-state index contributed by atoms with van der Waals surface area (Å²) < 4.78 is 5.07. The van der Waals surface area contributed by atoms with Crippen LogP contribution in [0.4, 0.5) is 5.69 Å². The number of ether oxygens (including phenoxy) is 1. The van der Waals surface area contributed by atoms with E-state index in [1.54, 1.807) is 43.5 Å². The first kappa shape index (κ1) is 18.3. The number of hydrogen-bond donors (Lipinski definition) is 2. The number of phenols is 1. The Morgan fingerprint density at radius 1 is 1.04 bits per heavy atom. The van der Waals surface area contributed by atoms with Crippen LogP contribution in [0.2, 0.25) is 0 Å². The lowest BCUT2D eigenvalue weighted by atomic mass is 10.1. The van der Waals surface area contributed by atoms with Crippen molar-refractivity contribution in [2.75, 3.05) is 26.0 Å². The Kier molecular flexibility index (Phi) is 5.26. The molecule has 2 N–H and O–H groups in total. The first-order chi connectivity index (χ1) is 13.0. The second-order valence-corrected chi connectivity index (χ2v) is 6.15.